The van der Waals surface area contributed by atoms with Crippen molar-refractivity contribution in [3.8, 4) is 0 Å². The normalized spacial score (nSPS) is 15.8. The molecule has 0 spiro atoms. The van der Waals surface area contributed by atoms with Crippen molar-refractivity contribution in [1.29, 1.82) is 0 Å². The van der Waals surface area contributed by atoms with Gasteiger partial charge in [-0.05, 0) is 38.7 Å². The van der Waals surface area contributed by atoms with Crippen molar-refractivity contribution in [2.75, 3.05) is 13.1 Å². The van der Waals surface area contributed by atoms with Gasteiger partial charge < -0.3 is 10.6 Å². The van der Waals surface area contributed by atoms with Gasteiger partial charge >= 0.3 is 0 Å². The molecule has 0 saturated carbocycles. The van der Waals surface area contributed by atoms with Crippen molar-refractivity contribution in [2.24, 2.45) is 10.7 Å². The van der Waals surface area contributed by atoms with Crippen molar-refractivity contribution in [3.63, 3.8) is 0 Å². The van der Waals surface area contributed by atoms with Crippen LogP contribution in [-0.4, -0.2) is 33.7 Å². The lowest BCUT2D eigenvalue weighted by atomic mass is 10.1. The minimum absolute atomic E-state index is 0.606. The third-order valence-corrected chi connectivity index (χ3v) is 4.79. The Hall–Kier alpha value is -2.30. The van der Waals surface area contributed by atoms with Crippen LogP contribution in [0.5, 0.6) is 0 Å². The Morgan fingerprint density at radius 2 is 1.83 bits per heavy atom. The van der Waals surface area contributed by atoms with Crippen LogP contribution < -0.4 is 5.73 Å². The maximum atomic E-state index is 6.18. The first-order valence-electron chi connectivity index (χ1n) is 8.77. The molecule has 3 rings (SSSR count). The largest absolute Gasteiger partial charge is 0.370 e. The maximum Gasteiger partial charge on any atom is 0.191 e. The Kier molecular flexibility index (Phi) is 5.18. The summed E-state index contributed by atoms with van der Waals surface area (Å²) in [6, 6.07) is 10.4. The van der Waals surface area contributed by atoms with E-state index in [-0.39, 0.29) is 0 Å². The number of piperidine rings is 1. The van der Waals surface area contributed by atoms with E-state index < -0.39 is 0 Å². The molecule has 0 amide bonds. The highest BCUT2D eigenvalue weighted by Crippen LogP contribution is 2.16. The molecule has 2 aromatic rings. The van der Waals surface area contributed by atoms with E-state index in [2.05, 4.69) is 57.8 Å². The molecule has 128 valence electrons. The second-order valence-corrected chi connectivity index (χ2v) is 6.51. The fourth-order valence-electron chi connectivity index (χ4n) is 3.26. The van der Waals surface area contributed by atoms with E-state index in [4.69, 9.17) is 5.73 Å². The Labute approximate surface area is 144 Å². The highest BCUT2D eigenvalue weighted by atomic mass is 15.3. The molecule has 0 aliphatic carbocycles. The summed E-state index contributed by atoms with van der Waals surface area (Å²) in [7, 11) is 0. The number of hydrogen-bond acceptors (Lipinski definition) is 2. The van der Waals surface area contributed by atoms with Crippen molar-refractivity contribution >= 4 is 5.96 Å². The topological polar surface area (TPSA) is 59.4 Å². The SMILES string of the molecule is Cc1nn(Cc2ccccc2)c(C)c1CN=C(N)N1CCCCC1. The van der Waals surface area contributed by atoms with Gasteiger partial charge in [-0.2, -0.15) is 5.10 Å². The van der Waals surface area contributed by atoms with Gasteiger partial charge in [0, 0.05) is 24.3 Å². The van der Waals surface area contributed by atoms with E-state index in [9.17, 15) is 0 Å². The summed E-state index contributed by atoms with van der Waals surface area (Å²) in [5.41, 5.74) is 10.8. The minimum Gasteiger partial charge on any atom is -0.370 e. The Balaban J connectivity index is 1.72. The van der Waals surface area contributed by atoms with Gasteiger partial charge in [-0.15, -0.1) is 0 Å². The molecule has 0 atom stereocenters. The van der Waals surface area contributed by atoms with E-state index in [1.54, 1.807) is 0 Å². The lowest BCUT2D eigenvalue weighted by molar-refractivity contribution is 0.338. The summed E-state index contributed by atoms with van der Waals surface area (Å²) in [6.07, 6.45) is 3.72. The number of guanidine groups is 1. The number of aliphatic imine (C=N–C) groups is 1. The number of likely N-dealkylation sites (tertiary alicyclic amines) is 1. The van der Waals surface area contributed by atoms with E-state index in [1.165, 1.54) is 36.1 Å². The molecular formula is C19H27N5. The molecule has 1 aromatic carbocycles. The number of nitrogens with zero attached hydrogens (tertiary/aromatic N) is 4. The second kappa shape index (κ2) is 7.51. The molecule has 5 heteroatoms. The van der Waals surface area contributed by atoms with Crippen LogP contribution in [0.2, 0.25) is 0 Å². The zero-order valence-electron chi connectivity index (χ0n) is 14.7. The zero-order valence-corrected chi connectivity index (χ0v) is 14.7. The van der Waals surface area contributed by atoms with Crippen molar-refractivity contribution in [1.82, 2.24) is 14.7 Å². The van der Waals surface area contributed by atoms with E-state index in [1.807, 2.05) is 6.07 Å². The molecule has 1 aromatic heterocycles. The van der Waals surface area contributed by atoms with Crippen LogP contribution in [0, 0.1) is 13.8 Å². The quantitative estimate of drug-likeness (QED) is 0.694. The fraction of sp³-hybridized carbons (Fsp3) is 0.474. The Morgan fingerprint density at radius 1 is 1.12 bits per heavy atom. The molecule has 1 saturated heterocycles. The maximum absolute atomic E-state index is 6.18. The number of rotatable bonds is 4. The zero-order chi connectivity index (χ0) is 16.9. The van der Waals surface area contributed by atoms with Crippen LogP contribution in [0.25, 0.3) is 0 Å². The molecule has 1 aliphatic rings. The average Bonchev–Trinajstić information content (AvgIpc) is 2.88. The first kappa shape index (κ1) is 16.6. The summed E-state index contributed by atoms with van der Waals surface area (Å²) in [4.78, 5) is 6.82. The average molecular weight is 325 g/mol. The van der Waals surface area contributed by atoms with Crippen molar-refractivity contribution in [3.05, 3.63) is 52.8 Å². The molecule has 0 bridgehead atoms. The fourth-order valence-corrected chi connectivity index (χ4v) is 3.26. The van der Waals surface area contributed by atoms with Gasteiger partial charge in [0.15, 0.2) is 5.96 Å². The Bertz CT molecular complexity index is 696. The van der Waals surface area contributed by atoms with Crippen LogP contribution >= 0.6 is 0 Å². The molecule has 2 heterocycles. The highest BCUT2D eigenvalue weighted by molar-refractivity contribution is 5.78. The molecule has 1 fully saturated rings. The first-order chi connectivity index (χ1) is 11.6. The number of benzene rings is 1. The third-order valence-electron chi connectivity index (χ3n) is 4.79. The second-order valence-electron chi connectivity index (χ2n) is 6.51. The number of aryl methyl sites for hydroxylation is 1. The smallest absolute Gasteiger partial charge is 0.191 e. The van der Waals surface area contributed by atoms with Crippen LogP contribution in [0.1, 0.15) is 41.8 Å². The summed E-state index contributed by atoms with van der Waals surface area (Å²) >= 11 is 0. The molecule has 0 unspecified atom stereocenters. The minimum atomic E-state index is 0.606. The molecule has 24 heavy (non-hydrogen) atoms. The lowest BCUT2D eigenvalue weighted by Crippen LogP contribution is -2.40. The van der Waals surface area contributed by atoms with E-state index in [0.29, 0.717) is 12.5 Å². The van der Waals surface area contributed by atoms with E-state index >= 15 is 0 Å². The Morgan fingerprint density at radius 3 is 2.54 bits per heavy atom. The van der Waals surface area contributed by atoms with Crippen LogP contribution in [-0.2, 0) is 13.1 Å². The molecule has 1 aliphatic heterocycles. The number of aromatic nitrogens is 2. The summed E-state index contributed by atoms with van der Waals surface area (Å²) < 4.78 is 2.06. The predicted molar refractivity (Wildman–Crippen MR) is 98.0 cm³/mol. The molecule has 0 radical (unpaired) electrons. The number of nitrogens with two attached hydrogens (primary N) is 1. The summed E-state index contributed by atoms with van der Waals surface area (Å²) in [5, 5.41) is 4.69. The van der Waals surface area contributed by atoms with Gasteiger partial charge in [0.25, 0.3) is 0 Å². The predicted octanol–water partition coefficient (Wildman–Crippen LogP) is 2.85. The van der Waals surface area contributed by atoms with Gasteiger partial charge in [0.1, 0.15) is 0 Å². The lowest BCUT2D eigenvalue weighted by Gasteiger charge is -2.27. The first-order valence-corrected chi connectivity index (χ1v) is 8.77. The van der Waals surface area contributed by atoms with Crippen molar-refractivity contribution in [2.45, 2.75) is 46.2 Å². The van der Waals surface area contributed by atoms with Crippen LogP contribution in [0.3, 0.4) is 0 Å². The van der Waals surface area contributed by atoms with Crippen LogP contribution in [0.4, 0.5) is 0 Å². The van der Waals surface area contributed by atoms with E-state index in [0.717, 1.165) is 25.3 Å². The monoisotopic (exact) mass is 325 g/mol. The molecule has 5 nitrogen and oxygen atoms in total. The molecular weight excluding hydrogens is 298 g/mol. The number of hydrogen-bond donors (Lipinski definition) is 1. The van der Waals surface area contributed by atoms with Crippen LogP contribution in [0.15, 0.2) is 35.3 Å². The van der Waals surface area contributed by atoms with Gasteiger partial charge in [-0.25, -0.2) is 4.99 Å². The third kappa shape index (κ3) is 3.78. The standard InChI is InChI=1S/C19H27N5/c1-15-18(13-21-19(20)23-11-7-4-8-12-23)16(2)24(22-15)14-17-9-5-3-6-10-17/h3,5-6,9-10H,4,7-8,11-14H2,1-2H3,(H2,20,21). The van der Waals surface area contributed by atoms with Gasteiger partial charge in [0.2, 0.25) is 0 Å². The van der Waals surface area contributed by atoms with Crippen molar-refractivity contribution < 1.29 is 0 Å². The van der Waals surface area contributed by atoms with Gasteiger partial charge in [-0.1, -0.05) is 30.3 Å². The van der Waals surface area contributed by atoms with Gasteiger partial charge in [-0.3, -0.25) is 4.68 Å². The van der Waals surface area contributed by atoms with Gasteiger partial charge in [0.05, 0.1) is 18.8 Å². The molecule has 2 N–H and O–H groups in total. The summed E-state index contributed by atoms with van der Waals surface area (Å²) in [6.45, 7) is 7.62. The highest BCUT2D eigenvalue weighted by Gasteiger charge is 2.14. The summed E-state index contributed by atoms with van der Waals surface area (Å²) in [5.74, 6) is 0.671.